The molecule has 0 unspecified atom stereocenters. The summed E-state index contributed by atoms with van der Waals surface area (Å²) < 4.78 is 60.3. The van der Waals surface area contributed by atoms with E-state index in [0.717, 1.165) is 11.9 Å². The highest BCUT2D eigenvalue weighted by molar-refractivity contribution is 8.32. The molecule has 208 valence electrons. The highest BCUT2D eigenvalue weighted by atomic mass is 32.3. The molecule has 7 nitrogen and oxygen atoms in total. The molecule has 0 radical (unpaired) electrons. The van der Waals surface area contributed by atoms with Crippen LogP contribution in [0.25, 0.3) is 11.0 Å². The van der Waals surface area contributed by atoms with Crippen molar-refractivity contribution in [1.82, 2.24) is 9.55 Å². The minimum atomic E-state index is -4.62. The number of halogens is 3. The van der Waals surface area contributed by atoms with Gasteiger partial charge < -0.3 is 18.8 Å². The number of pyridine rings is 1. The molecule has 0 saturated heterocycles. The quantitative estimate of drug-likeness (QED) is 0.215. The summed E-state index contributed by atoms with van der Waals surface area (Å²) >= 11 is 0. The van der Waals surface area contributed by atoms with Crippen LogP contribution in [-0.4, -0.2) is 46.8 Å². The van der Waals surface area contributed by atoms with Crippen molar-refractivity contribution >= 4 is 32.8 Å². The van der Waals surface area contributed by atoms with Crippen LogP contribution in [0, 0.1) is 6.92 Å². The second-order valence-electron chi connectivity index (χ2n) is 9.76. The van der Waals surface area contributed by atoms with Crippen LogP contribution < -0.4 is 14.8 Å². The maximum atomic E-state index is 14.0. The molecular formula is C28H30F3N3O4S. The minimum Gasteiger partial charge on any atom is -0.456 e. The van der Waals surface area contributed by atoms with Crippen molar-refractivity contribution in [3.63, 3.8) is 0 Å². The molecule has 11 heteroatoms. The number of alkyl halides is 3. The van der Waals surface area contributed by atoms with Crippen molar-refractivity contribution in [3.8, 4) is 17.2 Å². The van der Waals surface area contributed by atoms with Gasteiger partial charge in [0.15, 0.2) is 0 Å². The number of anilines is 1. The molecule has 2 heterocycles. The molecule has 1 N–H and O–H groups in total. The van der Waals surface area contributed by atoms with Gasteiger partial charge >= 0.3 is 12.3 Å². The SMILES string of the molecule is Cc1cc(NC(=O)Oc2ccccc2)ccc1Oc1ccnc2c1c(C(F)(F)F)cn2COCCS(C)(C)C. The summed E-state index contributed by atoms with van der Waals surface area (Å²) in [6.45, 7) is 2.11. The molecule has 1 amide bonds. The molecule has 2 aromatic heterocycles. The van der Waals surface area contributed by atoms with E-state index in [0.29, 0.717) is 29.4 Å². The zero-order valence-electron chi connectivity index (χ0n) is 22.0. The van der Waals surface area contributed by atoms with E-state index in [4.69, 9.17) is 14.2 Å². The van der Waals surface area contributed by atoms with Gasteiger partial charge in [0.2, 0.25) is 0 Å². The molecule has 0 bridgehead atoms. The number of hydrogen-bond acceptors (Lipinski definition) is 5. The van der Waals surface area contributed by atoms with Gasteiger partial charge in [-0.2, -0.15) is 13.2 Å². The van der Waals surface area contributed by atoms with Crippen LogP contribution in [-0.2, 0) is 17.6 Å². The summed E-state index contributed by atoms with van der Waals surface area (Å²) in [5, 5.41) is 2.48. The number of nitrogens with one attached hydrogen (secondary N) is 1. The smallest absolute Gasteiger partial charge is 0.418 e. The lowest BCUT2D eigenvalue weighted by Crippen LogP contribution is -2.16. The third kappa shape index (κ3) is 7.45. The number of benzene rings is 2. The molecule has 0 aliphatic heterocycles. The topological polar surface area (TPSA) is 74.6 Å². The van der Waals surface area contributed by atoms with E-state index in [9.17, 15) is 18.0 Å². The number of amides is 1. The molecule has 0 spiro atoms. The Morgan fingerprint density at radius 2 is 1.79 bits per heavy atom. The van der Waals surface area contributed by atoms with Gasteiger partial charge in [-0.05, 0) is 67.7 Å². The van der Waals surface area contributed by atoms with Gasteiger partial charge in [0.05, 0.1) is 17.6 Å². The lowest BCUT2D eigenvalue weighted by molar-refractivity contribution is -0.136. The van der Waals surface area contributed by atoms with Crippen molar-refractivity contribution in [1.29, 1.82) is 0 Å². The number of fused-ring (bicyclic) bond motifs is 1. The van der Waals surface area contributed by atoms with Crippen LogP contribution in [0.1, 0.15) is 11.1 Å². The fraction of sp³-hybridized carbons (Fsp3) is 0.286. The molecule has 4 aromatic rings. The van der Waals surface area contributed by atoms with Gasteiger partial charge in [-0.1, -0.05) is 18.2 Å². The summed E-state index contributed by atoms with van der Waals surface area (Å²) in [5.41, 5.74) is 0.295. The van der Waals surface area contributed by atoms with E-state index < -0.39 is 27.9 Å². The first-order valence-electron chi connectivity index (χ1n) is 12.0. The standard InChI is InChI=1S/C28H30F3N3O4S/c1-19-16-20(33-27(35)37-21-8-6-5-7-9-21)10-11-23(19)38-24-12-13-32-26-25(24)22(28(29,30)31)17-34(26)18-36-14-15-39(2,3)4/h5-13,16-17H,14-15,18H2,1-4H3,(H,33,35). The number of hydrogen-bond donors (Lipinski definition) is 1. The first kappa shape index (κ1) is 28.3. The second kappa shape index (κ2) is 11.6. The fourth-order valence-electron chi connectivity index (χ4n) is 3.76. The van der Waals surface area contributed by atoms with Crippen molar-refractivity contribution in [2.45, 2.75) is 19.8 Å². The van der Waals surface area contributed by atoms with Crippen molar-refractivity contribution < 1.29 is 32.2 Å². The monoisotopic (exact) mass is 561 g/mol. The summed E-state index contributed by atoms with van der Waals surface area (Å²) in [4.78, 5) is 16.4. The number of aryl methyl sites for hydroxylation is 1. The Kier molecular flexibility index (Phi) is 8.41. The molecule has 0 fully saturated rings. The summed E-state index contributed by atoms with van der Waals surface area (Å²) in [6.07, 6.45) is 3.56. The van der Waals surface area contributed by atoms with Gasteiger partial charge in [0.25, 0.3) is 0 Å². The number of aromatic nitrogens is 2. The third-order valence-corrected chi connectivity index (χ3v) is 7.08. The number of ether oxygens (including phenoxy) is 3. The zero-order valence-corrected chi connectivity index (χ0v) is 22.9. The largest absolute Gasteiger partial charge is 0.456 e. The maximum Gasteiger partial charge on any atom is 0.418 e. The molecule has 0 aliphatic rings. The Hall–Kier alpha value is -3.70. The normalized spacial score (nSPS) is 12.4. The van der Waals surface area contributed by atoms with Crippen molar-refractivity contribution in [2.75, 3.05) is 36.4 Å². The lowest BCUT2D eigenvalue weighted by Gasteiger charge is -2.24. The Balaban J connectivity index is 1.55. The van der Waals surface area contributed by atoms with Crippen LogP contribution in [0.5, 0.6) is 17.2 Å². The van der Waals surface area contributed by atoms with Gasteiger partial charge in [0.1, 0.15) is 29.6 Å². The van der Waals surface area contributed by atoms with Crippen LogP contribution in [0.3, 0.4) is 0 Å². The van der Waals surface area contributed by atoms with Gasteiger partial charge in [0, 0.05) is 23.8 Å². The number of nitrogens with zero attached hydrogens (tertiary/aromatic N) is 2. The van der Waals surface area contributed by atoms with E-state index in [-0.39, 0.29) is 23.5 Å². The van der Waals surface area contributed by atoms with Gasteiger partial charge in [-0.15, -0.1) is 0 Å². The first-order valence-corrected chi connectivity index (χ1v) is 15.0. The van der Waals surface area contributed by atoms with Crippen molar-refractivity contribution in [3.05, 3.63) is 78.1 Å². The van der Waals surface area contributed by atoms with Crippen LogP contribution in [0.2, 0.25) is 0 Å². The minimum absolute atomic E-state index is 0.0116. The molecule has 4 rings (SSSR count). The van der Waals surface area contributed by atoms with E-state index in [2.05, 4.69) is 29.1 Å². The predicted octanol–water partition coefficient (Wildman–Crippen LogP) is 7.43. The van der Waals surface area contributed by atoms with Gasteiger partial charge in [-0.25, -0.2) is 19.8 Å². The second-order valence-corrected chi connectivity index (χ2v) is 14.3. The molecule has 0 atom stereocenters. The Morgan fingerprint density at radius 1 is 1.05 bits per heavy atom. The summed E-state index contributed by atoms with van der Waals surface area (Å²) in [7, 11) is -0.789. The number of carbonyl (C=O) groups excluding carboxylic acids is 1. The lowest BCUT2D eigenvalue weighted by atomic mass is 10.2. The number of rotatable bonds is 9. The fourth-order valence-corrected chi connectivity index (χ4v) is 4.37. The van der Waals surface area contributed by atoms with Crippen LogP contribution in [0.15, 0.2) is 67.0 Å². The molecule has 0 aliphatic carbocycles. The van der Waals surface area contributed by atoms with E-state index >= 15 is 0 Å². The first-order chi connectivity index (χ1) is 18.4. The summed E-state index contributed by atoms with van der Waals surface area (Å²) in [6, 6.07) is 14.8. The molecule has 2 aromatic carbocycles. The van der Waals surface area contributed by atoms with Crippen LogP contribution >= 0.6 is 10.0 Å². The van der Waals surface area contributed by atoms with Gasteiger partial charge in [-0.3, -0.25) is 5.32 Å². The van der Waals surface area contributed by atoms with E-state index in [1.54, 1.807) is 55.5 Å². The zero-order chi connectivity index (χ0) is 28.2. The van der Waals surface area contributed by atoms with E-state index in [1.165, 1.54) is 16.8 Å². The molecule has 39 heavy (non-hydrogen) atoms. The Bertz CT molecular complexity index is 1450. The van der Waals surface area contributed by atoms with Crippen molar-refractivity contribution in [2.24, 2.45) is 0 Å². The Labute approximate surface area is 226 Å². The average Bonchev–Trinajstić information content (AvgIpc) is 3.24. The predicted molar refractivity (Wildman–Crippen MR) is 148 cm³/mol. The Morgan fingerprint density at radius 3 is 2.46 bits per heavy atom. The molecular weight excluding hydrogens is 531 g/mol. The summed E-state index contributed by atoms with van der Waals surface area (Å²) in [5.74, 6) is 1.57. The highest BCUT2D eigenvalue weighted by Crippen LogP contribution is 2.41. The third-order valence-electron chi connectivity index (χ3n) is 5.69. The average molecular weight is 562 g/mol. The molecule has 0 saturated carbocycles. The van der Waals surface area contributed by atoms with E-state index in [1.807, 2.05) is 0 Å². The number of carbonyl (C=O) groups is 1. The van der Waals surface area contributed by atoms with Crippen LogP contribution in [0.4, 0.5) is 23.7 Å². The highest BCUT2D eigenvalue weighted by Gasteiger charge is 2.36. The maximum absolute atomic E-state index is 14.0. The number of para-hydroxylation sites is 1.